The third-order valence-corrected chi connectivity index (χ3v) is 3.44. The fraction of sp³-hybridized carbons (Fsp3) is 0.250. The maximum absolute atomic E-state index is 11.9. The predicted octanol–water partition coefficient (Wildman–Crippen LogP) is 2.99. The molecule has 27 heavy (non-hydrogen) atoms. The van der Waals surface area contributed by atoms with Gasteiger partial charge >= 0.3 is 5.97 Å². The van der Waals surface area contributed by atoms with Crippen LogP contribution in [0, 0.1) is 0 Å². The first kappa shape index (κ1) is 20.0. The quantitative estimate of drug-likeness (QED) is 0.662. The minimum Gasteiger partial charge on any atom is -0.492 e. The molecular weight excluding hydrogens is 348 g/mol. The standard InChI is InChI=1S/C20H22N2O5/c1-2-26-17-11-7-6-10-16(17)22-19(24)14-27-20(25)13-12-18(23)21-15-8-4-3-5-9-15/h3-11H,2,12-14H2,1H3,(H,21,23)(H,22,24). The lowest BCUT2D eigenvalue weighted by Gasteiger charge is -2.11. The molecule has 2 amide bonds. The number of hydrogen-bond acceptors (Lipinski definition) is 5. The molecule has 0 bridgehead atoms. The van der Waals surface area contributed by atoms with Gasteiger partial charge < -0.3 is 20.1 Å². The van der Waals surface area contributed by atoms with Gasteiger partial charge in [-0.2, -0.15) is 0 Å². The monoisotopic (exact) mass is 370 g/mol. The van der Waals surface area contributed by atoms with E-state index in [1.807, 2.05) is 13.0 Å². The number of nitrogens with one attached hydrogen (secondary N) is 2. The summed E-state index contributed by atoms with van der Waals surface area (Å²) in [6, 6.07) is 15.9. The Morgan fingerprint density at radius 2 is 1.56 bits per heavy atom. The molecule has 0 saturated carbocycles. The van der Waals surface area contributed by atoms with Crippen molar-refractivity contribution in [3.63, 3.8) is 0 Å². The molecule has 7 nitrogen and oxygen atoms in total. The van der Waals surface area contributed by atoms with E-state index in [0.717, 1.165) is 0 Å². The Morgan fingerprint density at radius 1 is 0.852 bits per heavy atom. The number of benzene rings is 2. The summed E-state index contributed by atoms with van der Waals surface area (Å²) >= 11 is 0. The molecule has 2 N–H and O–H groups in total. The maximum Gasteiger partial charge on any atom is 0.306 e. The Morgan fingerprint density at radius 3 is 2.30 bits per heavy atom. The third-order valence-electron chi connectivity index (χ3n) is 3.44. The van der Waals surface area contributed by atoms with E-state index >= 15 is 0 Å². The van der Waals surface area contributed by atoms with Crippen LogP contribution in [-0.4, -0.2) is 31.0 Å². The summed E-state index contributed by atoms with van der Waals surface area (Å²) in [6.07, 6.45) is -0.135. The largest absolute Gasteiger partial charge is 0.492 e. The first-order valence-electron chi connectivity index (χ1n) is 8.60. The topological polar surface area (TPSA) is 93.7 Å². The van der Waals surface area contributed by atoms with Crippen molar-refractivity contribution in [3.8, 4) is 5.75 Å². The van der Waals surface area contributed by atoms with Crippen molar-refractivity contribution in [3.05, 3.63) is 54.6 Å². The fourth-order valence-electron chi connectivity index (χ4n) is 2.22. The van der Waals surface area contributed by atoms with Crippen molar-refractivity contribution in [1.82, 2.24) is 0 Å². The summed E-state index contributed by atoms with van der Waals surface area (Å²) < 4.78 is 10.3. The molecule has 0 radical (unpaired) electrons. The highest BCUT2D eigenvalue weighted by atomic mass is 16.5. The van der Waals surface area contributed by atoms with Crippen molar-refractivity contribution in [2.45, 2.75) is 19.8 Å². The molecule has 2 aromatic carbocycles. The van der Waals surface area contributed by atoms with Crippen LogP contribution in [0.4, 0.5) is 11.4 Å². The molecule has 0 aliphatic heterocycles. The number of carbonyl (C=O) groups is 3. The number of para-hydroxylation sites is 3. The number of hydrogen-bond donors (Lipinski definition) is 2. The Kier molecular flexibility index (Phi) is 7.84. The molecule has 0 atom stereocenters. The smallest absolute Gasteiger partial charge is 0.306 e. The lowest BCUT2D eigenvalue weighted by Crippen LogP contribution is -2.22. The maximum atomic E-state index is 11.9. The van der Waals surface area contributed by atoms with Crippen LogP contribution in [0.25, 0.3) is 0 Å². The number of esters is 1. The van der Waals surface area contributed by atoms with Gasteiger partial charge in [0.25, 0.3) is 5.91 Å². The molecule has 0 spiro atoms. The van der Waals surface area contributed by atoms with Crippen LogP contribution in [-0.2, 0) is 19.1 Å². The average Bonchev–Trinajstić information content (AvgIpc) is 2.67. The minimum atomic E-state index is -0.619. The van der Waals surface area contributed by atoms with Gasteiger partial charge in [-0.15, -0.1) is 0 Å². The normalized spacial score (nSPS) is 9.96. The van der Waals surface area contributed by atoms with Crippen molar-refractivity contribution < 1.29 is 23.9 Å². The SMILES string of the molecule is CCOc1ccccc1NC(=O)COC(=O)CCC(=O)Nc1ccccc1. The zero-order valence-corrected chi connectivity index (χ0v) is 15.1. The van der Waals surface area contributed by atoms with E-state index in [1.54, 1.807) is 48.5 Å². The number of amides is 2. The molecule has 0 unspecified atom stereocenters. The molecule has 2 aromatic rings. The van der Waals surface area contributed by atoms with E-state index in [4.69, 9.17) is 9.47 Å². The second-order valence-electron chi connectivity index (χ2n) is 5.55. The number of rotatable bonds is 9. The summed E-state index contributed by atoms with van der Waals surface area (Å²) in [6.45, 7) is 1.88. The van der Waals surface area contributed by atoms with Gasteiger partial charge in [0.2, 0.25) is 5.91 Å². The molecule has 2 rings (SSSR count). The van der Waals surface area contributed by atoms with Crippen molar-refractivity contribution >= 4 is 29.2 Å². The van der Waals surface area contributed by atoms with Gasteiger partial charge in [0.05, 0.1) is 18.7 Å². The Labute approximate surface area is 157 Å². The summed E-state index contributed by atoms with van der Waals surface area (Å²) in [5.41, 5.74) is 1.16. The van der Waals surface area contributed by atoms with E-state index in [-0.39, 0.29) is 18.7 Å². The highest BCUT2D eigenvalue weighted by Crippen LogP contribution is 2.23. The highest BCUT2D eigenvalue weighted by molar-refractivity contribution is 5.95. The highest BCUT2D eigenvalue weighted by Gasteiger charge is 2.12. The van der Waals surface area contributed by atoms with Crippen molar-refractivity contribution in [2.75, 3.05) is 23.8 Å². The summed E-state index contributed by atoms with van der Waals surface area (Å²) in [4.78, 5) is 35.4. The number of anilines is 2. The minimum absolute atomic E-state index is 0.0253. The Hall–Kier alpha value is -3.35. The lowest BCUT2D eigenvalue weighted by atomic mass is 10.2. The van der Waals surface area contributed by atoms with Crippen LogP contribution >= 0.6 is 0 Å². The van der Waals surface area contributed by atoms with Gasteiger partial charge in [-0.3, -0.25) is 14.4 Å². The summed E-state index contributed by atoms with van der Waals surface area (Å²) in [5.74, 6) is -0.860. The van der Waals surface area contributed by atoms with Crippen LogP contribution in [0.2, 0.25) is 0 Å². The summed E-state index contributed by atoms with van der Waals surface area (Å²) in [7, 11) is 0. The first-order chi connectivity index (χ1) is 13.1. The van der Waals surface area contributed by atoms with Gasteiger partial charge in [0.15, 0.2) is 6.61 Å². The van der Waals surface area contributed by atoms with E-state index in [1.165, 1.54) is 0 Å². The van der Waals surface area contributed by atoms with Gasteiger partial charge in [0, 0.05) is 12.1 Å². The molecule has 0 heterocycles. The van der Waals surface area contributed by atoms with E-state index in [0.29, 0.717) is 23.7 Å². The predicted molar refractivity (Wildman–Crippen MR) is 102 cm³/mol. The number of ether oxygens (including phenoxy) is 2. The molecule has 7 heteroatoms. The molecule has 0 saturated heterocycles. The zero-order chi connectivity index (χ0) is 19.5. The third kappa shape index (κ3) is 7.19. The fourth-order valence-corrected chi connectivity index (χ4v) is 2.22. The number of carbonyl (C=O) groups excluding carboxylic acids is 3. The second kappa shape index (κ2) is 10.6. The van der Waals surface area contributed by atoms with Gasteiger partial charge in [-0.05, 0) is 31.2 Å². The van der Waals surface area contributed by atoms with Gasteiger partial charge in [0.1, 0.15) is 5.75 Å². The molecular formula is C20H22N2O5. The van der Waals surface area contributed by atoms with Crippen LogP contribution in [0.15, 0.2) is 54.6 Å². The van der Waals surface area contributed by atoms with Crippen LogP contribution in [0.3, 0.4) is 0 Å². The van der Waals surface area contributed by atoms with E-state index in [9.17, 15) is 14.4 Å². The molecule has 0 aliphatic carbocycles. The van der Waals surface area contributed by atoms with E-state index in [2.05, 4.69) is 10.6 Å². The van der Waals surface area contributed by atoms with Gasteiger partial charge in [-0.1, -0.05) is 30.3 Å². The molecule has 142 valence electrons. The van der Waals surface area contributed by atoms with Crippen molar-refractivity contribution in [1.29, 1.82) is 0 Å². The molecule has 0 aliphatic rings. The first-order valence-corrected chi connectivity index (χ1v) is 8.60. The lowest BCUT2D eigenvalue weighted by molar-refractivity contribution is -0.147. The summed E-state index contributed by atoms with van der Waals surface area (Å²) in [5, 5.41) is 5.30. The Balaban J connectivity index is 1.70. The zero-order valence-electron chi connectivity index (χ0n) is 15.1. The van der Waals surface area contributed by atoms with Crippen LogP contribution in [0.1, 0.15) is 19.8 Å². The van der Waals surface area contributed by atoms with Crippen molar-refractivity contribution in [2.24, 2.45) is 0 Å². The second-order valence-corrected chi connectivity index (χ2v) is 5.55. The average molecular weight is 370 g/mol. The Bertz CT molecular complexity index is 777. The molecule has 0 fully saturated rings. The van der Waals surface area contributed by atoms with Crippen LogP contribution < -0.4 is 15.4 Å². The van der Waals surface area contributed by atoms with E-state index < -0.39 is 18.5 Å². The molecule has 0 aromatic heterocycles. The van der Waals surface area contributed by atoms with Gasteiger partial charge in [-0.25, -0.2) is 0 Å². The van der Waals surface area contributed by atoms with Crippen LogP contribution in [0.5, 0.6) is 5.75 Å².